The molecule has 0 atom stereocenters. The molecule has 4 aromatic rings. The highest BCUT2D eigenvalue weighted by Gasteiger charge is 2.24. The number of H-pyrrole nitrogens is 1. The van der Waals surface area contributed by atoms with Crippen molar-refractivity contribution in [2.24, 2.45) is 0 Å². The second-order valence-corrected chi connectivity index (χ2v) is 9.82. The van der Waals surface area contributed by atoms with Crippen LogP contribution in [0.2, 0.25) is 0 Å². The number of para-hydroxylation sites is 1. The third-order valence-electron chi connectivity index (χ3n) is 6.60. The van der Waals surface area contributed by atoms with Crippen LogP contribution in [0.3, 0.4) is 0 Å². The number of ether oxygens (including phenoxy) is 1. The third-order valence-corrected chi connectivity index (χ3v) is 7.62. The number of aromatic nitrogens is 2. The minimum atomic E-state index is -0.187. The molecular weight excluding hydrogens is 472 g/mol. The first-order chi connectivity index (χ1) is 17.5. The zero-order chi connectivity index (χ0) is 25.1. The van der Waals surface area contributed by atoms with Crippen molar-refractivity contribution in [1.29, 1.82) is 0 Å². The minimum Gasteiger partial charge on any atom is -0.381 e. The number of likely N-dealkylation sites (tertiary alicyclic amines) is 1. The van der Waals surface area contributed by atoms with Crippen LogP contribution in [0.4, 0.5) is 5.69 Å². The number of aryl methyl sites for hydroxylation is 1. The third kappa shape index (κ3) is 4.96. The number of hydrogen-bond acceptors (Lipinski definition) is 5. The SMILES string of the molecule is COC1CCN(C(=O)c2ccc(C=Cc3n[nH]c4ccccc34)c(NC(=O)c3sccc3C)c2)CC1. The molecule has 3 heterocycles. The van der Waals surface area contributed by atoms with Crippen LogP contribution in [0.25, 0.3) is 23.1 Å². The molecule has 0 radical (unpaired) electrons. The summed E-state index contributed by atoms with van der Waals surface area (Å²) in [6.07, 6.45) is 5.67. The van der Waals surface area contributed by atoms with Crippen molar-refractivity contribution < 1.29 is 14.3 Å². The van der Waals surface area contributed by atoms with Crippen molar-refractivity contribution in [1.82, 2.24) is 15.1 Å². The molecule has 8 heteroatoms. The molecule has 7 nitrogen and oxygen atoms in total. The molecule has 0 spiro atoms. The van der Waals surface area contributed by atoms with Crippen LogP contribution < -0.4 is 5.32 Å². The molecule has 2 amide bonds. The molecule has 2 aromatic heterocycles. The lowest BCUT2D eigenvalue weighted by molar-refractivity contribution is 0.0350. The van der Waals surface area contributed by atoms with Gasteiger partial charge in [-0.25, -0.2) is 0 Å². The number of nitrogens with zero attached hydrogens (tertiary/aromatic N) is 2. The summed E-state index contributed by atoms with van der Waals surface area (Å²) in [5, 5.41) is 13.4. The molecular formula is C28H28N4O3S. The smallest absolute Gasteiger partial charge is 0.266 e. The molecule has 0 bridgehead atoms. The Morgan fingerprint density at radius 3 is 2.69 bits per heavy atom. The van der Waals surface area contributed by atoms with E-state index in [1.54, 1.807) is 13.2 Å². The maximum absolute atomic E-state index is 13.3. The fourth-order valence-corrected chi connectivity index (χ4v) is 5.31. The van der Waals surface area contributed by atoms with Gasteiger partial charge in [-0.15, -0.1) is 11.3 Å². The number of nitrogens with one attached hydrogen (secondary N) is 2. The van der Waals surface area contributed by atoms with Crippen molar-refractivity contribution in [3.8, 4) is 0 Å². The highest BCUT2D eigenvalue weighted by atomic mass is 32.1. The van der Waals surface area contributed by atoms with E-state index in [2.05, 4.69) is 15.5 Å². The molecule has 0 aliphatic carbocycles. The van der Waals surface area contributed by atoms with Crippen molar-refractivity contribution in [3.05, 3.63) is 81.2 Å². The predicted octanol–water partition coefficient (Wildman–Crippen LogP) is 5.61. The van der Waals surface area contributed by atoms with Gasteiger partial charge in [0.1, 0.15) is 0 Å². The van der Waals surface area contributed by atoms with Gasteiger partial charge in [-0.2, -0.15) is 5.10 Å². The predicted molar refractivity (Wildman–Crippen MR) is 144 cm³/mol. The lowest BCUT2D eigenvalue weighted by Gasteiger charge is -2.31. The summed E-state index contributed by atoms with van der Waals surface area (Å²) in [5.74, 6) is -0.228. The summed E-state index contributed by atoms with van der Waals surface area (Å²) in [7, 11) is 1.71. The van der Waals surface area contributed by atoms with E-state index in [1.165, 1.54) is 11.3 Å². The van der Waals surface area contributed by atoms with Crippen LogP contribution in [0.1, 0.15) is 49.7 Å². The fourth-order valence-electron chi connectivity index (χ4n) is 4.48. The Morgan fingerprint density at radius 1 is 1.14 bits per heavy atom. The average molecular weight is 501 g/mol. The standard InChI is InChI=1S/C28H28N4O3S/c1-18-13-16-36-26(18)27(33)29-25-17-20(28(34)32-14-11-21(35-2)12-15-32)8-7-19(25)9-10-24-22-5-3-4-6-23(22)30-31-24/h3-10,13,16-17,21H,11-12,14-15H2,1-2H3,(H,29,33)(H,30,31). The first kappa shape index (κ1) is 24.0. The topological polar surface area (TPSA) is 87.3 Å². The van der Waals surface area contributed by atoms with Crippen molar-refractivity contribution >= 4 is 51.9 Å². The van der Waals surface area contributed by atoms with Gasteiger partial charge in [0, 0.05) is 36.8 Å². The summed E-state index contributed by atoms with van der Waals surface area (Å²) < 4.78 is 5.43. The Labute approximate surface area is 213 Å². The lowest BCUT2D eigenvalue weighted by Crippen LogP contribution is -2.40. The molecule has 1 aliphatic rings. The van der Waals surface area contributed by atoms with E-state index in [9.17, 15) is 9.59 Å². The monoisotopic (exact) mass is 500 g/mol. The Kier molecular flexibility index (Phi) is 6.97. The molecule has 1 fully saturated rings. The number of piperidine rings is 1. The van der Waals surface area contributed by atoms with Crippen molar-refractivity contribution in [2.75, 3.05) is 25.5 Å². The Balaban J connectivity index is 1.45. The van der Waals surface area contributed by atoms with E-state index in [0.29, 0.717) is 29.2 Å². The van der Waals surface area contributed by atoms with Gasteiger partial charge in [0.25, 0.3) is 11.8 Å². The van der Waals surface area contributed by atoms with Gasteiger partial charge in [-0.1, -0.05) is 30.3 Å². The normalized spacial score (nSPS) is 14.6. The summed E-state index contributed by atoms with van der Waals surface area (Å²) in [5.41, 5.74) is 4.60. The van der Waals surface area contributed by atoms with Gasteiger partial charge < -0.3 is 15.0 Å². The second kappa shape index (κ2) is 10.5. The van der Waals surface area contributed by atoms with Crippen LogP contribution in [0.15, 0.2) is 53.9 Å². The van der Waals surface area contributed by atoms with Gasteiger partial charge in [0.15, 0.2) is 0 Å². The molecule has 1 saturated heterocycles. The van der Waals surface area contributed by atoms with Crippen LogP contribution in [0, 0.1) is 6.92 Å². The molecule has 5 rings (SSSR count). The number of anilines is 1. The molecule has 2 aromatic carbocycles. The lowest BCUT2D eigenvalue weighted by atomic mass is 10.0. The van der Waals surface area contributed by atoms with Gasteiger partial charge in [-0.05, 0) is 66.6 Å². The number of carbonyl (C=O) groups excluding carboxylic acids is 2. The van der Waals surface area contributed by atoms with E-state index in [4.69, 9.17) is 4.74 Å². The maximum Gasteiger partial charge on any atom is 0.266 e. The summed E-state index contributed by atoms with van der Waals surface area (Å²) in [4.78, 5) is 28.8. The number of rotatable bonds is 6. The second-order valence-electron chi connectivity index (χ2n) is 8.90. The van der Waals surface area contributed by atoms with E-state index in [1.807, 2.05) is 71.8 Å². The number of methoxy groups -OCH3 is 1. The number of thiophene rings is 1. The Hall–Kier alpha value is -3.75. The van der Waals surface area contributed by atoms with E-state index >= 15 is 0 Å². The van der Waals surface area contributed by atoms with Crippen LogP contribution in [-0.2, 0) is 4.74 Å². The first-order valence-electron chi connectivity index (χ1n) is 12.0. The van der Waals surface area contributed by atoms with Crippen LogP contribution >= 0.6 is 11.3 Å². The highest BCUT2D eigenvalue weighted by molar-refractivity contribution is 7.12. The van der Waals surface area contributed by atoms with Crippen LogP contribution in [0.5, 0.6) is 0 Å². The van der Waals surface area contributed by atoms with E-state index < -0.39 is 0 Å². The Morgan fingerprint density at radius 2 is 1.94 bits per heavy atom. The number of amides is 2. The molecule has 36 heavy (non-hydrogen) atoms. The van der Waals surface area contributed by atoms with E-state index in [0.717, 1.165) is 40.6 Å². The summed E-state index contributed by atoms with van der Waals surface area (Å²) in [6, 6.07) is 15.3. The maximum atomic E-state index is 13.3. The van der Waals surface area contributed by atoms with Gasteiger partial charge in [-0.3, -0.25) is 14.7 Å². The van der Waals surface area contributed by atoms with Crippen molar-refractivity contribution in [3.63, 3.8) is 0 Å². The quantitative estimate of drug-likeness (QED) is 0.360. The number of aromatic amines is 1. The first-order valence-corrected chi connectivity index (χ1v) is 12.8. The minimum absolute atomic E-state index is 0.0406. The largest absolute Gasteiger partial charge is 0.381 e. The summed E-state index contributed by atoms with van der Waals surface area (Å²) >= 11 is 1.40. The average Bonchev–Trinajstić information content (AvgIpc) is 3.53. The van der Waals surface area contributed by atoms with Gasteiger partial charge in [0.05, 0.1) is 22.2 Å². The van der Waals surface area contributed by atoms with Crippen molar-refractivity contribution in [2.45, 2.75) is 25.9 Å². The summed E-state index contributed by atoms with van der Waals surface area (Å²) in [6.45, 7) is 3.22. The highest BCUT2D eigenvalue weighted by Crippen LogP contribution is 2.26. The number of benzene rings is 2. The zero-order valence-electron chi connectivity index (χ0n) is 20.3. The van der Waals surface area contributed by atoms with Gasteiger partial charge >= 0.3 is 0 Å². The fraction of sp³-hybridized carbons (Fsp3) is 0.250. The molecule has 184 valence electrons. The molecule has 0 unspecified atom stereocenters. The number of hydrogen-bond donors (Lipinski definition) is 2. The Bertz CT molecular complexity index is 1430. The van der Waals surface area contributed by atoms with Gasteiger partial charge in [0.2, 0.25) is 0 Å². The van der Waals surface area contributed by atoms with E-state index in [-0.39, 0.29) is 17.9 Å². The number of carbonyl (C=O) groups is 2. The zero-order valence-corrected chi connectivity index (χ0v) is 21.1. The molecule has 2 N–H and O–H groups in total. The molecule has 0 saturated carbocycles. The van der Waals surface area contributed by atoms with Crippen LogP contribution in [-0.4, -0.2) is 53.2 Å². The molecule has 1 aliphatic heterocycles. The number of fused-ring (bicyclic) bond motifs is 1.